The first-order valence-corrected chi connectivity index (χ1v) is 7.79. The summed E-state index contributed by atoms with van der Waals surface area (Å²) in [6, 6.07) is 2.30. The van der Waals surface area contributed by atoms with Crippen LogP contribution in [0.5, 0.6) is 0 Å². The van der Waals surface area contributed by atoms with E-state index in [0.29, 0.717) is 5.82 Å². The fraction of sp³-hybridized carbons (Fsp3) is 0.417. The predicted octanol–water partition coefficient (Wildman–Crippen LogP) is 3.07. The number of H-pyrrole nitrogens is 1. The molecule has 1 aliphatic rings. The zero-order valence-electron chi connectivity index (χ0n) is 9.75. The number of fused-ring (bicyclic) bond motifs is 1. The smallest absolute Gasteiger partial charge is 0.149 e. The molecule has 0 bridgehead atoms. The summed E-state index contributed by atoms with van der Waals surface area (Å²) in [5.74, 6) is 3.04. The predicted molar refractivity (Wildman–Crippen MR) is 75.6 cm³/mol. The Bertz CT molecular complexity index is 518. The van der Waals surface area contributed by atoms with Crippen molar-refractivity contribution in [3.8, 4) is 10.6 Å². The molecule has 0 aromatic carbocycles. The number of rotatable bonds is 2. The van der Waals surface area contributed by atoms with Crippen LogP contribution in [0.4, 0.5) is 5.82 Å². The van der Waals surface area contributed by atoms with E-state index in [1.54, 1.807) is 0 Å². The van der Waals surface area contributed by atoms with Crippen LogP contribution in [0.25, 0.3) is 10.6 Å². The molecular weight excluding hydrogens is 250 g/mol. The summed E-state index contributed by atoms with van der Waals surface area (Å²) < 4.78 is 0. The molecule has 0 unspecified atom stereocenters. The van der Waals surface area contributed by atoms with Crippen LogP contribution in [0, 0.1) is 0 Å². The highest BCUT2D eigenvalue weighted by molar-refractivity contribution is 7.98. The summed E-state index contributed by atoms with van der Waals surface area (Å²) >= 11 is 3.91. The molecule has 17 heavy (non-hydrogen) atoms. The second-order valence-electron chi connectivity index (χ2n) is 4.18. The fourth-order valence-corrected chi connectivity index (χ4v) is 4.61. The Labute approximate surface area is 109 Å². The van der Waals surface area contributed by atoms with E-state index >= 15 is 0 Å². The molecule has 5 heteroatoms. The minimum absolute atomic E-state index is 0.642. The van der Waals surface area contributed by atoms with Gasteiger partial charge >= 0.3 is 0 Å². The lowest BCUT2D eigenvalue weighted by molar-refractivity contribution is 1.10. The number of hydrogen-bond donors (Lipinski definition) is 2. The third-order valence-electron chi connectivity index (χ3n) is 3.13. The molecule has 2 aromatic heterocycles. The fourth-order valence-electron chi connectivity index (χ4n) is 2.21. The summed E-state index contributed by atoms with van der Waals surface area (Å²) in [5.41, 5.74) is 9.64. The highest BCUT2D eigenvalue weighted by Crippen LogP contribution is 2.38. The van der Waals surface area contributed by atoms with Crippen molar-refractivity contribution in [2.75, 3.05) is 11.5 Å². The average Bonchev–Trinajstić information content (AvgIpc) is 2.91. The molecule has 0 spiro atoms. The third kappa shape index (κ3) is 1.87. The minimum Gasteiger partial charge on any atom is -0.382 e. The van der Waals surface area contributed by atoms with E-state index in [0.717, 1.165) is 23.4 Å². The van der Waals surface area contributed by atoms with Gasteiger partial charge in [0.25, 0.3) is 0 Å². The molecule has 0 saturated carbocycles. The minimum atomic E-state index is 0.642. The SMILES string of the molecule is CCc1c(N)n[nH]c1-c1cc2c(s1)CCSC2. The Hall–Kier alpha value is -0.940. The zero-order valence-corrected chi connectivity index (χ0v) is 11.4. The van der Waals surface area contributed by atoms with Gasteiger partial charge in [-0.2, -0.15) is 16.9 Å². The highest BCUT2D eigenvalue weighted by Gasteiger charge is 2.18. The first-order valence-electron chi connectivity index (χ1n) is 5.82. The lowest BCUT2D eigenvalue weighted by atomic mass is 10.1. The molecule has 0 atom stereocenters. The molecule has 0 amide bonds. The maximum atomic E-state index is 5.87. The lowest BCUT2D eigenvalue weighted by Crippen LogP contribution is -1.96. The summed E-state index contributed by atoms with van der Waals surface area (Å²) in [6.45, 7) is 2.12. The van der Waals surface area contributed by atoms with Gasteiger partial charge in [-0.3, -0.25) is 5.10 Å². The van der Waals surface area contributed by atoms with Gasteiger partial charge in [-0.05, 0) is 30.2 Å². The summed E-state index contributed by atoms with van der Waals surface area (Å²) in [6.07, 6.45) is 2.13. The Morgan fingerprint density at radius 2 is 2.41 bits per heavy atom. The second-order valence-corrected chi connectivity index (χ2v) is 6.42. The van der Waals surface area contributed by atoms with E-state index in [2.05, 4.69) is 23.2 Å². The maximum Gasteiger partial charge on any atom is 0.149 e. The van der Waals surface area contributed by atoms with Crippen LogP contribution in [0.2, 0.25) is 0 Å². The quantitative estimate of drug-likeness (QED) is 0.877. The summed E-state index contributed by atoms with van der Waals surface area (Å²) in [5, 5.41) is 7.20. The number of nitrogen functional groups attached to an aromatic ring is 1. The van der Waals surface area contributed by atoms with Crippen molar-refractivity contribution in [1.29, 1.82) is 0 Å². The maximum absolute atomic E-state index is 5.87. The zero-order chi connectivity index (χ0) is 11.8. The van der Waals surface area contributed by atoms with Gasteiger partial charge in [0.15, 0.2) is 0 Å². The Balaban J connectivity index is 2.06. The first kappa shape index (κ1) is 11.2. The Morgan fingerprint density at radius 1 is 1.53 bits per heavy atom. The van der Waals surface area contributed by atoms with E-state index in [1.165, 1.54) is 27.5 Å². The molecule has 2 aromatic rings. The van der Waals surface area contributed by atoms with E-state index in [-0.39, 0.29) is 0 Å². The average molecular weight is 265 g/mol. The van der Waals surface area contributed by atoms with Gasteiger partial charge in [0.05, 0.1) is 10.6 Å². The molecule has 3 heterocycles. The van der Waals surface area contributed by atoms with E-state index < -0.39 is 0 Å². The molecule has 1 aliphatic heterocycles. The normalized spacial score (nSPS) is 14.9. The molecule has 3 nitrogen and oxygen atoms in total. The number of thiophene rings is 1. The lowest BCUT2D eigenvalue weighted by Gasteiger charge is -2.08. The van der Waals surface area contributed by atoms with E-state index in [1.807, 2.05) is 23.1 Å². The van der Waals surface area contributed by atoms with Gasteiger partial charge in [-0.25, -0.2) is 0 Å². The number of anilines is 1. The van der Waals surface area contributed by atoms with Gasteiger partial charge < -0.3 is 5.73 Å². The molecular formula is C12H15N3S2. The summed E-state index contributed by atoms with van der Waals surface area (Å²) in [7, 11) is 0. The number of thioether (sulfide) groups is 1. The van der Waals surface area contributed by atoms with Crippen molar-refractivity contribution in [2.24, 2.45) is 0 Å². The molecule has 3 rings (SSSR count). The van der Waals surface area contributed by atoms with Crippen molar-refractivity contribution >= 4 is 28.9 Å². The van der Waals surface area contributed by atoms with Crippen molar-refractivity contribution in [1.82, 2.24) is 10.2 Å². The Morgan fingerprint density at radius 3 is 3.18 bits per heavy atom. The van der Waals surface area contributed by atoms with Gasteiger partial charge in [0.1, 0.15) is 5.82 Å². The Kier molecular flexibility index (Phi) is 2.88. The molecule has 0 radical (unpaired) electrons. The van der Waals surface area contributed by atoms with Crippen LogP contribution < -0.4 is 5.73 Å². The van der Waals surface area contributed by atoms with E-state index in [4.69, 9.17) is 5.73 Å². The number of nitrogens with one attached hydrogen (secondary N) is 1. The molecule has 90 valence electrons. The van der Waals surface area contributed by atoms with Gasteiger partial charge in [0.2, 0.25) is 0 Å². The van der Waals surface area contributed by atoms with Gasteiger partial charge in [0, 0.05) is 16.2 Å². The monoisotopic (exact) mass is 265 g/mol. The highest BCUT2D eigenvalue weighted by atomic mass is 32.2. The van der Waals surface area contributed by atoms with Crippen LogP contribution >= 0.6 is 23.1 Å². The molecule has 0 fully saturated rings. The topological polar surface area (TPSA) is 54.7 Å². The first-order chi connectivity index (χ1) is 8.29. The molecule has 0 saturated heterocycles. The van der Waals surface area contributed by atoms with Gasteiger partial charge in [-0.15, -0.1) is 11.3 Å². The number of aryl methyl sites for hydroxylation is 1. The number of aromatic nitrogens is 2. The van der Waals surface area contributed by atoms with Crippen LogP contribution in [-0.2, 0) is 18.6 Å². The number of nitrogens with zero attached hydrogens (tertiary/aromatic N) is 1. The van der Waals surface area contributed by atoms with Crippen molar-refractivity contribution in [3.05, 3.63) is 22.1 Å². The van der Waals surface area contributed by atoms with Crippen LogP contribution in [0.1, 0.15) is 22.9 Å². The van der Waals surface area contributed by atoms with Crippen LogP contribution in [0.15, 0.2) is 6.07 Å². The molecule has 0 aliphatic carbocycles. The molecule has 3 N–H and O–H groups in total. The summed E-state index contributed by atoms with van der Waals surface area (Å²) in [4.78, 5) is 2.83. The second kappa shape index (κ2) is 4.38. The largest absolute Gasteiger partial charge is 0.382 e. The van der Waals surface area contributed by atoms with Crippen LogP contribution in [0.3, 0.4) is 0 Å². The number of hydrogen-bond acceptors (Lipinski definition) is 4. The van der Waals surface area contributed by atoms with Crippen molar-refractivity contribution < 1.29 is 0 Å². The third-order valence-corrected chi connectivity index (χ3v) is 5.39. The van der Waals surface area contributed by atoms with Crippen molar-refractivity contribution in [2.45, 2.75) is 25.5 Å². The van der Waals surface area contributed by atoms with E-state index in [9.17, 15) is 0 Å². The van der Waals surface area contributed by atoms with Crippen molar-refractivity contribution in [3.63, 3.8) is 0 Å². The number of nitrogens with two attached hydrogens (primary N) is 1. The standard InChI is InChI=1S/C12H15N3S2/c1-2-8-11(14-15-12(8)13)10-5-7-6-16-4-3-9(7)17-10/h5H,2-4,6H2,1H3,(H3,13,14,15). The van der Waals surface area contributed by atoms with Gasteiger partial charge in [-0.1, -0.05) is 6.92 Å². The number of aromatic amines is 1. The van der Waals surface area contributed by atoms with Crippen LogP contribution in [-0.4, -0.2) is 16.0 Å².